The lowest BCUT2D eigenvalue weighted by Gasteiger charge is -2.10. The van der Waals surface area contributed by atoms with Crippen LogP contribution in [0, 0.1) is 0 Å². The van der Waals surface area contributed by atoms with Crippen molar-refractivity contribution in [3.05, 3.63) is 48.0 Å². The smallest absolute Gasteiger partial charge is 0.218 e. The van der Waals surface area contributed by atoms with Crippen LogP contribution in [-0.4, -0.2) is 24.6 Å². The van der Waals surface area contributed by atoms with E-state index in [1.807, 2.05) is 31.2 Å². The van der Waals surface area contributed by atoms with Gasteiger partial charge in [-0.1, -0.05) is 6.07 Å². The third-order valence-corrected chi connectivity index (χ3v) is 2.81. The van der Waals surface area contributed by atoms with Gasteiger partial charge in [-0.15, -0.1) is 24.0 Å². The molecule has 0 fully saturated rings. The van der Waals surface area contributed by atoms with Gasteiger partial charge in [-0.25, -0.2) is 9.98 Å². The molecule has 0 saturated carbocycles. The number of hydrogen-bond acceptors (Lipinski definition) is 4. The first-order valence-corrected chi connectivity index (χ1v) is 6.86. The highest BCUT2D eigenvalue weighted by molar-refractivity contribution is 14.0. The van der Waals surface area contributed by atoms with Gasteiger partial charge in [-0.05, 0) is 25.1 Å². The molecule has 0 radical (unpaired) electrons. The molecule has 0 saturated heterocycles. The van der Waals surface area contributed by atoms with Crippen LogP contribution in [0.3, 0.4) is 0 Å². The average molecular weight is 416 g/mol. The third-order valence-electron chi connectivity index (χ3n) is 2.81. The number of aromatic nitrogens is 1. The zero-order valence-electron chi connectivity index (χ0n) is 12.7. The van der Waals surface area contributed by atoms with Gasteiger partial charge >= 0.3 is 0 Å². The van der Waals surface area contributed by atoms with E-state index in [0.717, 1.165) is 23.8 Å². The number of furan rings is 1. The normalized spacial score (nSPS) is 10.7. The molecule has 0 aliphatic carbocycles. The molecule has 0 amide bonds. The first kappa shape index (κ1) is 18.3. The SMILES string of the molecule is CCNC(=NCc1cccnc1OC)NCc1ccco1.I. The van der Waals surface area contributed by atoms with Gasteiger partial charge in [0.2, 0.25) is 5.88 Å². The fourth-order valence-electron chi connectivity index (χ4n) is 1.82. The summed E-state index contributed by atoms with van der Waals surface area (Å²) in [4.78, 5) is 8.68. The average Bonchev–Trinajstić information content (AvgIpc) is 3.03. The van der Waals surface area contributed by atoms with Crippen LogP contribution in [0.1, 0.15) is 18.2 Å². The van der Waals surface area contributed by atoms with Crippen LogP contribution in [0.15, 0.2) is 46.1 Å². The lowest BCUT2D eigenvalue weighted by molar-refractivity contribution is 0.392. The monoisotopic (exact) mass is 416 g/mol. The fourth-order valence-corrected chi connectivity index (χ4v) is 1.82. The molecule has 120 valence electrons. The van der Waals surface area contributed by atoms with Crippen molar-refractivity contribution >= 4 is 29.9 Å². The van der Waals surface area contributed by atoms with Gasteiger partial charge in [0.15, 0.2) is 5.96 Å². The number of pyridine rings is 1. The molecule has 2 aromatic heterocycles. The van der Waals surface area contributed by atoms with Gasteiger partial charge in [-0.2, -0.15) is 0 Å². The molecule has 0 spiro atoms. The standard InChI is InChI=1S/C15H20N4O2.HI/c1-3-16-15(19-11-13-7-5-9-21-13)18-10-12-6-4-8-17-14(12)20-2;/h4-9H,3,10-11H2,1-2H3,(H2,16,18,19);1H. The van der Waals surface area contributed by atoms with Crippen LogP contribution in [-0.2, 0) is 13.1 Å². The first-order valence-electron chi connectivity index (χ1n) is 6.86. The number of rotatable bonds is 6. The van der Waals surface area contributed by atoms with Crippen molar-refractivity contribution in [1.29, 1.82) is 0 Å². The van der Waals surface area contributed by atoms with E-state index in [4.69, 9.17) is 9.15 Å². The van der Waals surface area contributed by atoms with Crippen molar-refractivity contribution in [2.75, 3.05) is 13.7 Å². The molecule has 0 aromatic carbocycles. The van der Waals surface area contributed by atoms with E-state index in [1.54, 1.807) is 19.6 Å². The van der Waals surface area contributed by atoms with E-state index in [2.05, 4.69) is 20.6 Å². The Kier molecular flexibility index (Phi) is 8.34. The van der Waals surface area contributed by atoms with Gasteiger partial charge in [0, 0.05) is 18.3 Å². The lowest BCUT2D eigenvalue weighted by atomic mass is 10.3. The van der Waals surface area contributed by atoms with E-state index in [9.17, 15) is 0 Å². The Morgan fingerprint density at radius 2 is 2.18 bits per heavy atom. The zero-order chi connectivity index (χ0) is 14.9. The summed E-state index contributed by atoms with van der Waals surface area (Å²) in [5.74, 6) is 2.18. The largest absolute Gasteiger partial charge is 0.481 e. The molecule has 22 heavy (non-hydrogen) atoms. The van der Waals surface area contributed by atoms with E-state index in [1.165, 1.54) is 0 Å². The van der Waals surface area contributed by atoms with Crippen LogP contribution in [0.5, 0.6) is 5.88 Å². The van der Waals surface area contributed by atoms with Gasteiger partial charge in [-0.3, -0.25) is 0 Å². The second-order valence-corrected chi connectivity index (χ2v) is 4.30. The fraction of sp³-hybridized carbons (Fsp3) is 0.333. The molecule has 2 N–H and O–H groups in total. The Balaban J connectivity index is 0.00000242. The number of nitrogens with one attached hydrogen (secondary N) is 2. The third kappa shape index (κ3) is 5.55. The number of guanidine groups is 1. The van der Waals surface area contributed by atoms with E-state index < -0.39 is 0 Å². The number of ether oxygens (including phenoxy) is 1. The van der Waals surface area contributed by atoms with Crippen molar-refractivity contribution < 1.29 is 9.15 Å². The molecule has 7 heteroatoms. The highest BCUT2D eigenvalue weighted by Gasteiger charge is 2.04. The Hall–Kier alpha value is -1.77. The van der Waals surface area contributed by atoms with E-state index in [-0.39, 0.29) is 24.0 Å². The number of halogens is 1. The molecule has 0 atom stereocenters. The summed E-state index contributed by atoms with van der Waals surface area (Å²) in [5.41, 5.74) is 0.940. The highest BCUT2D eigenvalue weighted by atomic mass is 127. The summed E-state index contributed by atoms with van der Waals surface area (Å²) < 4.78 is 10.5. The second kappa shape index (κ2) is 10.0. The van der Waals surface area contributed by atoms with E-state index >= 15 is 0 Å². The van der Waals surface area contributed by atoms with Crippen molar-refractivity contribution in [3.63, 3.8) is 0 Å². The van der Waals surface area contributed by atoms with Crippen molar-refractivity contribution in [1.82, 2.24) is 15.6 Å². The topological polar surface area (TPSA) is 71.7 Å². The Bertz CT molecular complexity index is 573. The molecule has 2 heterocycles. The lowest BCUT2D eigenvalue weighted by Crippen LogP contribution is -2.36. The quantitative estimate of drug-likeness (QED) is 0.430. The summed E-state index contributed by atoms with van der Waals surface area (Å²) in [7, 11) is 1.61. The van der Waals surface area contributed by atoms with Gasteiger partial charge < -0.3 is 19.8 Å². The van der Waals surface area contributed by atoms with Crippen molar-refractivity contribution in [3.8, 4) is 5.88 Å². The highest BCUT2D eigenvalue weighted by Crippen LogP contribution is 2.14. The Morgan fingerprint density at radius 1 is 1.32 bits per heavy atom. The van der Waals surface area contributed by atoms with E-state index in [0.29, 0.717) is 19.0 Å². The van der Waals surface area contributed by atoms with Gasteiger partial charge in [0.25, 0.3) is 0 Å². The minimum absolute atomic E-state index is 0. The second-order valence-electron chi connectivity index (χ2n) is 4.30. The van der Waals surface area contributed by atoms with Gasteiger partial charge in [0.05, 0.1) is 26.5 Å². The number of aliphatic imine (C=N–C) groups is 1. The molecule has 0 bridgehead atoms. The minimum Gasteiger partial charge on any atom is -0.481 e. The number of hydrogen-bond donors (Lipinski definition) is 2. The van der Waals surface area contributed by atoms with Gasteiger partial charge in [0.1, 0.15) is 5.76 Å². The molecule has 0 aliphatic rings. The molecular weight excluding hydrogens is 395 g/mol. The first-order chi connectivity index (χ1) is 10.3. The van der Waals surface area contributed by atoms with Crippen molar-refractivity contribution in [2.45, 2.75) is 20.0 Å². The Morgan fingerprint density at radius 3 is 2.86 bits per heavy atom. The van der Waals surface area contributed by atoms with Crippen LogP contribution in [0.2, 0.25) is 0 Å². The maximum Gasteiger partial charge on any atom is 0.218 e. The number of nitrogens with zero attached hydrogens (tertiary/aromatic N) is 2. The van der Waals surface area contributed by atoms with Crippen molar-refractivity contribution in [2.24, 2.45) is 4.99 Å². The predicted molar refractivity (Wildman–Crippen MR) is 96.6 cm³/mol. The zero-order valence-corrected chi connectivity index (χ0v) is 15.0. The van der Waals surface area contributed by atoms with Crippen LogP contribution in [0.25, 0.3) is 0 Å². The summed E-state index contributed by atoms with van der Waals surface area (Å²) in [6.45, 7) is 3.89. The van der Waals surface area contributed by atoms with Crippen LogP contribution >= 0.6 is 24.0 Å². The van der Waals surface area contributed by atoms with Crippen LogP contribution in [0.4, 0.5) is 0 Å². The molecule has 2 aromatic rings. The van der Waals surface area contributed by atoms with Crippen LogP contribution < -0.4 is 15.4 Å². The molecular formula is C15H21IN4O2. The summed E-state index contributed by atoms with van der Waals surface area (Å²) >= 11 is 0. The minimum atomic E-state index is 0. The maximum atomic E-state index is 5.29. The molecule has 0 aliphatic heterocycles. The summed E-state index contributed by atoms with van der Waals surface area (Å²) in [5, 5.41) is 6.40. The molecule has 2 rings (SSSR count). The number of methoxy groups -OCH3 is 1. The molecule has 0 unspecified atom stereocenters. The predicted octanol–water partition coefficient (Wildman–Crippen LogP) is 2.56. The Labute approximate surface area is 147 Å². The maximum absolute atomic E-state index is 5.29. The summed E-state index contributed by atoms with van der Waals surface area (Å²) in [6.07, 6.45) is 3.36. The molecule has 6 nitrogen and oxygen atoms in total. The summed E-state index contributed by atoms with van der Waals surface area (Å²) in [6, 6.07) is 7.60.